The van der Waals surface area contributed by atoms with Gasteiger partial charge >= 0.3 is 5.97 Å². The number of carboxylic acid groups (broad SMARTS) is 1. The summed E-state index contributed by atoms with van der Waals surface area (Å²) in [4.78, 5) is 23.7. The fourth-order valence-electron chi connectivity index (χ4n) is 1.43. The van der Waals surface area contributed by atoms with Gasteiger partial charge in [-0.2, -0.15) is 0 Å². The summed E-state index contributed by atoms with van der Waals surface area (Å²) in [6, 6.07) is 4.94. The molecular formula is C11H7Br2NO3S. The van der Waals surface area contributed by atoms with Gasteiger partial charge in [0.15, 0.2) is 0 Å². The van der Waals surface area contributed by atoms with Gasteiger partial charge in [0.1, 0.15) is 4.88 Å². The zero-order valence-electron chi connectivity index (χ0n) is 8.89. The molecule has 0 aliphatic carbocycles. The van der Waals surface area contributed by atoms with Crippen molar-refractivity contribution in [1.82, 2.24) is 4.57 Å². The summed E-state index contributed by atoms with van der Waals surface area (Å²) in [6.45, 7) is 0.356. The van der Waals surface area contributed by atoms with Crippen LogP contribution in [-0.2, 0) is 6.54 Å². The monoisotopic (exact) mass is 391 g/mol. The Bertz CT molecular complexity index is 663. The van der Waals surface area contributed by atoms with Gasteiger partial charge in [-0.05, 0) is 50.1 Å². The molecule has 2 aromatic rings. The van der Waals surface area contributed by atoms with E-state index in [0.717, 1.165) is 9.35 Å². The average molecular weight is 393 g/mol. The lowest BCUT2D eigenvalue weighted by Gasteiger charge is -2.05. The van der Waals surface area contributed by atoms with Gasteiger partial charge in [0, 0.05) is 15.5 Å². The summed E-state index contributed by atoms with van der Waals surface area (Å²) < 4.78 is 2.77. The first-order valence-electron chi connectivity index (χ1n) is 4.85. The largest absolute Gasteiger partial charge is 0.477 e. The van der Waals surface area contributed by atoms with Crippen molar-refractivity contribution >= 4 is 49.2 Å². The molecule has 2 aromatic heterocycles. The number of nitrogens with zero attached hydrogens (tertiary/aromatic N) is 1. The molecule has 0 fully saturated rings. The van der Waals surface area contributed by atoms with Crippen LogP contribution in [-0.4, -0.2) is 15.6 Å². The van der Waals surface area contributed by atoms with Crippen LogP contribution >= 0.6 is 43.2 Å². The number of carboxylic acids is 1. The van der Waals surface area contributed by atoms with Crippen LogP contribution in [0.4, 0.5) is 0 Å². The molecule has 2 rings (SSSR count). The molecule has 7 heteroatoms. The Morgan fingerprint density at radius 3 is 2.72 bits per heavy atom. The quantitative estimate of drug-likeness (QED) is 0.872. The molecule has 94 valence electrons. The Morgan fingerprint density at radius 2 is 2.11 bits per heavy atom. The Morgan fingerprint density at radius 1 is 1.39 bits per heavy atom. The highest BCUT2D eigenvalue weighted by atomic mass is 79.9. The highest BCUT2D eigenvalue weighted by Gasteiger charge is 2.09. The van der Waals surface area contributed by atoms with Crippen LogP contribution in [0.5, 0.6) is 0 Å². The van der Waals surface area contributed by atoms with E-state index >= 15 is 0 Å². The van der Waals surface area contributed by atoms with Crippen molar-refractivity contribution in [1.29, 1.82) is 0 Å². The minimum atomic E-state index is -0.950. The molecule has 0 atom stereocenters. The van der Waals surface area contributed by atoms with Gasteiger partial charge in [-0.1, -0.05) is 0 Å². The SMILES string of the molecule is O=C(O)c1ccc(Cn2cc(Br)cc(Br)c2=O)s1. The van der Waals surface area contributed by atoms with Gasteiger partial charge in [-0.25, -0.2) is 4.79 Å². The molecule has 0 saturated heterocycles. The maximum Gasteiger partial charge on any atom is 0.345 e. The van der Waals surface area contributed by atoms with Crippen LogP contribution in [0.1, 0.15) is 14.5 Å². The normalized spacial score (nSPS) is 10.6. The van der Waals surface area contributed by atoms with Gasteiger partial charge in [-0.15, -0.1) is 11.3 Å². The number of thiophene rings is 1. The summed E-state index contributed by atoms with van der Waals surface area (Å²) in [5, 5.41) is 8.83. The van der Waals surface area contributed by atoms with Crippen LogP contribution in [0.3, 0.4) is 0 Å². The summed E-state index contributed by atoms with van der Waals surface area (Å²) in [5.74, 6) is -0.950. The topological polar surface area (TPSA) is 59.3 Å². The molecule has 0 amide bonds. The molecule has 2 heterocycles. The first-order chi connectivity index (χ1) is 8.47. The van der Waals surface area contributed by atoms with E-state index in [4.69, 9.17) is 5.11 Å². The minimum Gasteiger partial charge on any atom is -0.477 e. The Labute approximate surface area is 123 Å². The molecule has 0 saturated carbocycles. The third-order valence-corrected chi connectivity index (χ3v) is 4.27. The number of carbonyl (C=O) groups is 1. The highest BCUT2D eigenvalue weighted by molar-refractivity contribution is 9.11. The van der Waals surface area contributed by atoms with E-state index in [-0.39, 0.29) is 10.4 Å². The van der Waals surface area contributed by atoms with Crippen LogP contribution in [0.15, 0.2) is 38.1 Å². The van der Waals surface area contributed by atoms with Crippen molar-refractivity contribution in [2.45, 2.75) is 6.54 Å². The number of aromatic carboxylic acids is 1. The summed E-state index contributed by atoms with van der Waals surface area (Å²) in [7, 11) is 0. The standard InChI is InChI=1S/C11H7Br2NO3S/c12-6-3-8(13)10(15)14(4-6)5-7-1-2-9(18-7)11(16)17/h1-4H,5H2,(H,16,17). The van der Waals surface area contributed by atoms with Gasteiger partial charge in [0.25, 0.3) is 5.56 Å². The fourth-order valence-corrected chi connectivity index (χ4v) is 3.53. The van der Waals surface area contributed by atoms with Gasteiger partial charge in [0.2, 0.25) is 0 Å². The van der Waals surface area contributed by atoms with E-state index in [1.165, 1.54) is 15.9 Å². The van der Waals surface area contributed by atoms with Gasteiger partial charge in [0.05, 0.1) is 11.0 Å². The predicted molar refractivity (Wildman–Crippen MR) is 76.5 cm³/mol. The zero-order chi connectivity index (χ0) is 13.3. The van der Waals surface area contributed by atoms with E-state index in [1.54, 1.807) is 24.4 Å². The van der Waals surface area contributed by atoms with E-state index in [0.29, 0.717) is 11.0 Å². The average Bonchev–Trinajstić information content (AvgIpc) is 2.74. The zero-order valence-corrected chi connectivity index (χ0v) is 12.9. The van der Waals surface area contributed by atoms with Crippen LogP contribution in [0.25, 0.3) is 0 Å². The maximum atomic E-state index is 11.8. The Kier molecular flexibility index (Phi) is 4.04. The third-order valence-electron chi connectivity index (χ3n) is 2.21. The predicted octanol–water partition coefficient (Wildman–Crippen LogP) is 3.18. The highest BCUT2D eigenvalue weighted by Crippen LogP contribution is 2.19. The van der Waals surface area contributed by atoms with Crippen molar-refractivity contribution in [2.75, 3.05) is 0 Å². The number of aromatic nitrogens is 1. The van der Waals surface area contributed by atoms with Crippen molar-refractivity contribution in [3.8, 4) is 0 Å². The molecule has 0 aromatic carbocycles. The lowest BCUT2D eigenvalue weighted by molar-refractivity contribution is 0.0702. The fraction of sp³-hybridized carbons (Fsp3) is 0.0909. The lowest BCUT2D eigenvalue weighted by Crippen LogP contribution is -2.20. The van der Waals surface area contributed by atoms with Crippen molar-refractivity contribution < 1.29 is 9.90 Å². The Hall–Kier alpha value is -0.920. The summed E-state index contributed by atoms with van der Waals surface area (Å²) in [6.07, 6.45) is 1.67. The first kappa shape index (κ1) is 13.5. The molecular weight excluding hydrogens is 386 g/mol. The second-order valence-corrected chi connectivity index (χ2v) is 6.45. The molecule has 18 heavy (non-hydrogen) atoms. The Balaban J connectivity index is 2.34. The molecule has 4 nitrogen and oxygen atoms in total. The maximum absolute atomic E-state index is 11.8. The van der Waals surface area contributed by atoms with E-state index in [1.807, 2.05) is 0 Å². The number of halogens is 2. The molecule has 0 unspecified atom stereocenters. The second-order valence-electron chi connectivity index (χ2n) is 3.51. The van der Waals surface area contributed by atoms with Crippen LogP contribution in [0.2, 0.25) is 0 Å². The van der Waals surface area contributed by atoms with Crippen molar-refractivity contribution in [3.05, 3.63) is 53.4 Å². The van der Waals surface area contributed by atoms with Crippen molar-refractivity contribution in [3.63, 3.8) is 0 Å². The molecule has 0 spiro atoms. The smallest absolute Gasteiger partial charge is 0.345 e. The number of hydrogen-bond acceptors (Lipinski definition) is 3. The van der Waals surface area contributed by atoms with E-state index < -0.39 is 5.97 Å². The molecule has 0 aliphatic rings. The third kappa shape index (κ3) is 2.90. The molecule has 1 N–H and O–H groups in total. The van der Waals surface area contributed by atoms with Gasteiger partial charge < -0.3 is 9.67 Å². The van der Waals surface area contributed by atoms with Crippen LogP contribution in [0, 0.1) is 0 Å². The molecule has 0 radical (unpaired) electrons. The number of rotatable bonds is 3. The number of pyridine rings is 1. The first-order valence-corrected chi connectivity index (χ1v) is 7.25. The van der Waals surface area contributed by atoms with Gasteiger partial charge in [-0.3, -0.25) is 4.79 Å². The summed E-state index contributed by atoms with van der Waals surface area (Å²) in [5.41, 5.74) is -0.150. The number of hydrogen-bond donors (Lipinski definition) is 1. The van der Waals surface area contributed by atoms with E-state index in [9.17, 15) is 9.59 Å². The van der Waals surface area contributed by atoms with Crippen molar-refractivity contribution in [2.24, 2.45) is 0 Å². The lowest BCUT2D eigenvalue weighted by atomic mass is 10.4. The summed E-state index contributed by atoms with van der Waals surface area (Å²) >= 11 is 7.66. The molecule has 0 bridgehead atoms. The minimum absolute atomic E-state index is 0.150. The van der Waals surface area contributed by atoms with Crippen LogP contribution < -0.4 is 5.56 Å². The molecule has 0 aliphatic heterocycles. The second kappa shape index (κ2) is 5.38. The van der Waals surface area contributed by atoms with E-state index in [2.05, 4.69) is 31.9 Å².